The van der Waals surface area contributed by atoms with E-state index in [0.717, 1.165) is 18.1 Å². The fraction of sp³-hybridized carbons (Fsp3) is 0.923. The Labute approximate surface area is 92.8 Å². The van der Waals surface area contributed by atoms with Gasteiger partial charge in [0.1, 0.15) is 0 Å². The molecule has 15 heavy (non-hydrogen) atoms. The van der Waals surface area contributed by atoms with Crippen molar-refractivity contribution in [3.63, 3.8) is 0 Å². The third-order valence-corrected chi connectivity index (χ3v) is 5.56. The average Bonchev–Trinajstić information content (AvgIpc) is 2.50. The van der Waals surface area contributed by atoms with Gasteiger partial charge >= 0.3 is 0 Å². The Morgan fingerprint density at radius 2 is 2.07 bits per heavy atom. The molecule has 0 aromatic rings. The van der Waals surface area contributed by atoms with Gasteiger partial charge in [-0.1, -0.05) is 32.9 Å². The largest absolute Gasteiger partial charge is 0.411 e. The lowest BCUT2D eigenvalue weighted by molar-refractivity contribution is 0.152. The van der Waals surface area contributed by atoms with E-state index in [0.29, 0.717) is 16.7 Å². The van der Waals surface area contributed by atoms with Crippen molar-refractivity contribution in [1.29, 1.82) is 0 Å². The van der Waals surface area contributed by atoms with Crippen LogP contribution >= 0.6 is 0 Å². The van der Waals surface area contributed by atoms with Crippen LogP contribution in [-0.4, -0.2) is 10.9 Å². The van der Waals surface area contributed by atoms with Gasteiger partial charge in [-0.15, -0.1) is 0 Å². The molecule has 0 radical (unpaired) electrons. The molecule has 0 spiro atoms. The van der Waals surface area contributed by atoms with Crippen molar-refractivity contribution in [2.45, 2.75) is 53.4 Å². The topological polar surface area (TPSA) is 32.6 Å². The highest BCUT2D eigenvalue weighted by molar-refractivity contribution is 5.87. The van der Waals surface area contributed by atoms with Crippen LogP contribution in [0.2, 0.25) is 0 Å². The molecule has 2 fully saturated rings. The van der Waals surface area contributed by atoms with Gasteiger partial charge in [0.05, 0.1) is 5.71 Å². The van der Waals surface area contributed by atoms with Crippen LogP contribution < -0.4 is 0 Å². The second-order valence-electron chi connectivity index (χ2n) is 6.18. The minimum atomic E-state index is 0.419. The van der Waals surface area contributed by atoms with E-state index in [1.807, 2.05) is 0 Å². The number of fused-ring (bicyclic) bond motifs is 2. The zero-order valence-electron chi connectivity index (χ0n) is 10.4. The van der Waals surface area contributed by atoms with Crippen LogP contribution in [0.4, 0.5) is 0 Å². The standard InChI is InChI=1S/C13H23NO/c1-5-11(14-15)9-8-13(4)7-6-10(9)12(13,2)3/h9-10,15H,5-8H2,1-4H3/t9-,10-,13+/m0/s1. The van der Waals surface area contributed by atoms with Crippen LogP contribution in [-0.2, 0) is 0 Å². The molecule has 2 heteroatoms. The molecular formula is C13H23NO. The van der Waals surface area contributed by atoms with Crippen LogP contribution in [0.3, 0.4) is 0 Å². The molecule has 2 aliphatic rings. The lowest BCUT2D eigenvalue weighted by Gasteiger charge is -2.34. The van der Waals surface area contributed by atoms with E-state index in [1.54, 1.807) is 0 Å². The van der Waals surface area contributed by atoms with Gasteiger partial charge < -0.3 is 5.21 Å². The SMILES string of the molecule is CCC(=NO)[C@H]1C[C@@]2(C)CC[C@@H]1C2(C)C. The first-order chi connectivity index (χ1) is 6.96. The molecule has 0 aromatic heterocycles. The van der Waals surface area contributed by atoms with Gasteiger partial charge in [-0.05, 0) is 42.4 Å². The van der Waals surface area contributed by atoms with Gasteiger partial charge in [0.15, 0.2) is 0 Å². The fourth-order valence-corrected chi connectivity index (χ4v) is 4.06. The maximum atomic E-state index is 9.06. The van der Waals surface area contributed by atoms with Gasteiger partial charge in [0.25, 0.3) is 0 Å². The Bertz CT molecular complexity index is 292. The van der Waals surface area contributed by atoms with Crippen LogP contribution in [0.1, 0.15) is 53.4 Å². The predicted octanol–water partition coefficient (Wildman–Crippen LogP) is 3.69. The molecule has 2 bridgehead atoms. The molecule has 3 atom stereocenters. The molecule has 2 aliphatic carbocycles. The molecule has 2 nitrogen and oxygen atoms in total. The van der Waals surface area contributed by atoms with Crippen molar-refractivity contribution in [2.24, 2.45) is 27.8 Å². The molecule has 0 aliphatic heterocycles. The first kappa shape index (κ1) is 11.0. The van der Waals surface area contributed by atoms with E-state index in [1.165, 1.54) is 19.3 Å². The summed E-state index contributed by atoms with van der Waals surface area (Å²) in [5, 5.41) is 12.6. The monoisotopic (exact) mass is 209 g/mol. The molecular weight excluding hydrogens is 186 g/mol. The van der Waals surface area contributed by atoms with Gasteiger partial charge in [-0.2, -0.15) is 0 Å². The molecule has 0 saturated heterocycles. The average molecular weight is 209 g/mol. The molecule has 0 heterocycles. The Hall–Kier alpha value is -0.530. The highest BCUT2D eigenvalue weighted by atomic mass is 16.4. The lowest BCUT2D eigenvalue weighted by atomic mass is 9.71. The maximum Gasteiger partial charge on any atom is 0.0602 e. The zero-order valence-corrected chi connectivity index (χ0v) is 10.4. The van der Waals surface area contributed by atoms with E-state index in [2.05, 4.69) is 32.9 Å². The van der Waals surface area contributed by atoms with Crippen molar-refractivity contribution >= 4 is 5.71 Å². The Morgan fingerprint density at radius 3 is 2.40 bits per heavy atom. The molecule has 2 saturated carbocycles. The first-order valence-electron chi connectivity index (χ1n) is 6.17. The minimum absolute atomic E-state index is 0.419. The van der Waals surface area contributed by atoms with Crippen LogP contribution in [0, 0.1) is 22.7 Å². The molecule has 0 unspecified atom stereocenters. The van der Waals surface area contributed by atoms with Crippen LogP contribution in [0.25, 0.3) is 0 Å². The summed E-state index contributed by atoms with van der Waals surface area (Å²) in [4.78, 5) is 0. The summed E-state index contributed by atoms with van der Waals surface area (Å²) in [6.45, 7) is 9.30. The van der Waals surface area contributed by atoms with Crippen molar-refractivity contribution in [3.8, 4) is 0 Å². The molecule has 0 amide bonds. The normalized spacial score (nSPS) is 43.6. The van der Waals surface area contributed by atoms with Crippen molar-refractivity contribution in [2.75, 3.05) is 0 Å². The number of hydrogen-bond acceptors (Lipinski definition) is 2. The second-order valence-corrected chi connectivity index (χ2v) is 6.18. The highest BCUT2D eigenvalue weighted by Gasteiger charge is 2.61. The van der Waals surface area contributed by atoms with E-state index in [4.69, 9.17) is 5.21 Å². The molecule has 0 aromatic carbocycles. The summed E-state index contributed by atoms with van der Waals surface area (Å²) in [5.41, 5.74) is 1.91. The Kier molecular flexibility index (Phi) is 2.36. The summed E-state index contributed by atoms with van der Waals surface area (Å²) >= 11 is 0. The van der Waals surface area contributed by atoms with E-state index in [9.17, 15) is 0 Å². The van der Waals surface area contributed by atoms with E-state index < -0.39 is 0 Å². The third-order valence-electron chi connectivity index (χ3n) is 5.56. The Morgan fingerprint density at radius 1 is 1.40 bits per heavy atom. The van der Waals surface area contributed by atoms with Gasteiger partial charge in [-0.3, -0.25) is 0 Å². The predicted molar refractivity (Wildman–Crippen MR) is 62.2 cm³/mol. The minimum Gasteiger partial charge on any atom is -0.411 e. The molecule has 2 rings (SSSR count). The number of oxime groups is 1. The van der Waals surface area contributed by atoms with E-state index >= 15 is 0 Å². The van der Waals surface area contributed by atoms with Crippen LogP contribution in [0.15, 0.2) is 5.16 Å². The van der Waals surface area contributed by atoms with Crippen molar-refractivity contribution < 1.29 is 5.21 Å². The van der Waals surface area contributed by atoms with E-state index in [-0.39, 0.29) is 0 Å². The molecule has 1 N–H and O–H groups in total. The summed E-state index contributed by atoms with van der Waals surface area (Å²) < 4.78 is 0. The fourth-order valence-electron chi connectivity index (χ4n) is 4.06. The quantitative estimate of drug-likeness (QED) is 0.420. The summed E-state index contributed by atoms with van der Waals surface area (Å²) in [7, 11) is 0. The first-order valence-corrected chi connectivity index (χ1v) is 6.17. The second kappa shape index (κ2) is 3.23. The summed E-state index contributed by atoms with van der Waals surface area (Å²) in [5.74, 6) is 1.27. The smallest absolute Gasteiger partial charge is 0.0602 e. The van der Waals surface area contributed by atoms with Crippen molar-refractivity contribution in [3.05, 3.63) is 0 Å². The van der Waals surface area contributed by atoms with Gasteiger partial charge in [0.2, 0.25) is 0 Å². The summed E-state index contributed by atoms with van der Waals surface area (Å²) in [6, 6.07) is 0. The van der Waals surface area contributed by atoms with Crippen LogP contribution in [0.5, 0.6) is 0 Å². The van der Waals surface area contributed by atoms with Gasteiger partial charge in [0, 0.05) is 5.92 Å². The zero-order chi connectivity index (χ0) is 11.3. The number of hydrogen-bond donors (Lipinski definition) is 1. The van der Waals surface area contributed by atoms with Gasteiger partial charge in [-0.25, -0.2) is 0 Å². The lowest BCUT2D eigenvalue weighted by Crippen LogP contribution is -2.27. The third kappa shape index (κ3) is 1.26. The number of nitrogens with zero attached hydrogens (tertiary/aromatic N) is 1. The number of rotatable bonds is 2. The Balaban J connectivity index is 2.29. The molecule has 86 valence electrons. The maximum absolute atomic E-state index is 9.06. The summed E-state index contributed by atoms with van der Waals surface area (Å²) in [6.07, 6.45) is 4.78. The van der Waals surface area contributed by atoms with Crippen molar-refractivity contribution in [1.82, 2.24) is 0 Å². The highest BCUT2D eigenvalue weighted by Crippen LogP contribution is 2.67.